The summed E-state index contributed by atoms with van der Waals surface area (Å²) in [5.74, 6) is 0. The maximum absolute atomic E-state index is 12.6. The van der Waals surface area contributed by atoms with Gasteiger partial charge < -0.3 is 5.73 Å². The van der Waals surface area contributed by atoms with E-state index in [1.807, 2.05) is 5.38 Å². The number of halogens is 3. The molecule has 2 N–H and O–H groups in total. The molecule has 0 bridgehead atoms. The highest BCUT2D eigenvalue weighted by Crippen LogP contribution is 2.30. The van der Waals surface area contributed by atoms with Gasteiger partial charge in [-0.15, -0.1) is 11.3 Å². The van der Waals surface area contributed by atoms with Crippen LogP contribution in [0.2, 0.25) is 0 Å². The summed E-state index contributed by atoms with van der Waals surface area (Å²) in [4.78, 5) is 4.42. The summed E-state index contributed by atoms with van der Waals surface area (Å²) >= 11 is 1.47. The lowest BCUT2D eigenvalue weighted by molar-refractivity contribution is -0.137. The summed E-state index contributed by atoms with van der Waals surface area (Å²) in [5, 5.41) is 2.77. The molecule has 0 spiro atoms. The second-order valence-electron chi connectivity index (χ2n) is 4.50. The molecule has 1 aromatic carbocycles. The van der Waals surface area contributed by atoms with Crippen molar-refractivity contribution in [3.63, 3.8) is 0 Å². The Morgan fingerprint density at radius 3 is 2.75 bits per heavy atom. The van der Waals surface area contributed by atoms with Crippen molar-refractivity contribution in [3.8, 4) is 0 Å². The van der Waals surface area contributed by atoms with Gasteiger partial charge in [-0.2, -0.15) is 13.2 Å². The van der Waals surface area contributed by atoms with Crippen LogP contribution < -0.4 is 5.73 Å². The number of aryl methyl sites for hydroxylation is 1. The summed E-state index contributed by atoms with van der Waals surface area (Å²) in [6.45, 7) is 0.612. The van der Waals surface area contributed by atoms with Crippen molar-refractivity contribution >= 4 is 11.3 Å². The first-order valence-electron chi connectivity index (χ1n) is 6.28. The molecule has 0 saturated heterocycles. The standard InChI is InChI=1S/C14H15F3N2S/c15-14(16,17)11-4-1-3-10(7-11)8-13-19-12(9-20-13)5-2-6-18/h1,3-4,7,9H,2,5-6,8,18H2. The van der Waals surface area contributed by atoms with Crippen LogP contribution in [0.25, 0.3) is 0 Å². The van der Waals surface area contributed by atoms with E-state index in [0.717, 1.165) is 29.6 Å². The third kappa shape index (κ3) is 4.05. The smallest absolute Gasteiger partial charge is 0.330 e. The van der Waals surface area contributed by atoms with Crippen molar-refractivity contribution in [3.05, 3.63) is 51.5 Å². The lowest BCUT2D eigenvalue weighted by Crippen LogP contribution is -2.05. The lowest BCUT2D eigenvalue weighted by Gasteiger charge is -2.07. The second-order valence-corrected chi connectivity index (χ2v) is 5.44. The minimum absolute atomic E-state index is 0.428. The molecule has 2 aromatic rings. The van der Waals surface area contributed by atoms with Gasteiger partial charge in [-0.25, -0.2) is 4.98 Å². The molecule has 1 aromatic heterocycles. The number of rotatable bonds is 5. The molecule has 6 heteroatoms. The maximum Gasteiger partial charge on any atom is 0.416 e. The minimum atomic E-state index is -4.30. The molecule has 0 saturated carbocycles. The number of hydrogen-bond acceptors (Lipinski definition) is 3. The molecule has 1 heterocycles. The Morgan fingerprint density at radius 2 is 2.05 bits per heavy atom. The monoisotopic (exact) mass is 300 g/mol. The maximum atomic E-state index is 12.6. The highest BCUT2D eigenvalue weighted by atomic mass is 32.1. The normalized spacial score (nSPS) is 11.8. The van der Waals surface area contributed by atoms with Gasteiger partial charge in [-0.1, -0.05) is 18.2 Å². The van der Waals surface area contributed by atoms with Crippen LogP contribution in [0.3, 0.4) is 0 Å². The van der Waals surface area contributed by atoms with E-state index in [1.165, 1.54) is 23.5 Å². The van der Waals surface area contributed by atoms with Gasteiger partial charge in [0.25, 0.3) is 0 Å². The summed E-state index contributed by atoms with van der Waals surface area (Å²) in [7, 11) is 0. The Kier molecular flexibility index (Phi) is 4.77. The molecular weight excluding hydrogens is 285 g/mol. The molecule has 0 atom stereocenters. The lowest BCUT2D eigenvalue weighted by atomic mass is 10.1. The van der Waals surface area contributed by atoms with Crippen LogP contribution in [-0.4, -0.2) is 11.5 Å². The number of benzene rings is 1. The van der Waals surface area contributed by atoms with Gasteiger partial charge in [0.1, 0.15) is 0 Å². The zero-order valence-corrected chi connectivity index (χ0v) is 11.6. The molecule has 2 nitrogen and oxygen atoms in total. The van der Waals surface area contributed by atoms with Crippen LogP contribution in [0.1, 0.15) is 28.2 Å². The Balaban J connectivity index is 2.08. The second kappa shape index (κ2) is 6.37. The molecule has 0 aliphatic carbocycles. The number of thiazole rings is 1. The van der Waals surface area contributed by atoms with Crippen molar-refractivity contribution < 1.29 is 13.2 Å². The van der Waals surface area contributed by atoms with Crippen LogP contribution in [0.4, 0.5) is 13.2 Å². The van der Waals surface area contributed by atoms with E-state index in [0.29, 0.717) is 18.5 Å². The van der Waals surface area contributed by atoms with E-state index in [2.05, 4.69) is 4.98 Å². The van der Waals surface area contributed by atoms with Crippen LogP contribution >= 0.6 is 11.3 Å². The summed E-state index contributed by atoms with van der Waals surface area (Å²) in [5.41, 5.74) is 6.40. The summed E-state index contributed by atoms with van der Waals surface area (Å²) in [6, 6.07) is 5.39. The van der Waals surface area contributed by atoms with Crippen molar-refractivity contribution in [2.24, 2.45) is 5.73 Å². The molecule has 0 radical (unpaired) electrons. The van der Waals surface area contributed by atoms with Crippen LogP contribution in [-0.2, 0) is 19.0 Å². The Morgan fingerprint density at radius 1 is 1.25 bits per heavy atom. The van der Waals surface area contributed by atoms with Crippen molar-refractivity contribution in [2.75, 3.05) is 6.54 Å². The van der Waals surface area contributed by atoms with E-state index in [1.54, 1.807) is 6.07 Å². The van der Waals surface area contributed by atoms with E-state index < -0.39 is 11.7 Å². The van der Waals surface area contributed by atoms with Crippen molar-refractivity contribution in [2.45, 2.75) is 25.4 Å². The fourth-order valence-electron chi connectivity index (χ4n) is 1.86. The topological polar surface area (TPSA) is 38.9 Å². The fourth-order valence-corrected chi connectivity index (χ4v) is 2.72. The Bertz CT molecular complexity index is 564. The number of nitrogens with two attached hydrogens (primary N) is 1. The Labute approximate surface area is 119 Å². The van der Waals surface area contributed by atoms with Gasteiger partial charge in [-0.3, -0.25) is 0 Å². The number of nitrogens with zero attached hydrogens (tertiary/aromatic N) is 1. The highest BCUT2D eigenvalue weighted by molar-refractivity contribution is 7.09. The third-order valence-corrected chi connectivity index (χ3v) is 3.74. The zero-order valence-electron chi connectivity index (χ0n) is 10.8. The first-order chi connectivity index (χ1) is 9.49. The number of hydrogen-bond donors (Lipinski definition) is 1. The van der Waals surface area contributed by atoms with Gasteiger partial charge >= 0.3 is 6.18 Å². The van der Waals surface area contributed by atoms with Gasteiger partial charge in [0.2, 0.25) is 0 Å². The Hall–Kier alpha value is -1.40. The quantitative estimate of drug-likeness (QED) is 0.915. The molecule has 0 aliphatic heterocycles. The first-order valence-corrected chi connectivity index (χ1v) is 7.16. The highest BCUT2D eigenvalue weighted by Gasteiger charge is 2.30. The molecular formula is C14H15F3N2S. The third-order valence-electron chi connectivity index (χ3n) is 2.85. The molecule has 20 heavy (non-hydrogen) atoms. The van der Waals surface area contributed by atoms with Crippen molar-refractivity contribution in [1.82, 2.24) is 4.98 Å². The molecule has 0 amide bonds. The van der Waals surface area contributed by atoms with Gasteiger partial charge in [-0.05, 0) is 31.0 Å². The van der Waals surface area contributed by atoms with Crippen LogP contribution in [0.5, 0.6) is 0 Å². The predicted molar refractivity (Wildman–Crippen MR) is 73.7 cm³/mol. The largest absolute Gasteiger partial charge is 0.416 e. The van der Waals surface area contributed by atoms with E-state index in [-0.39, 0.29) is 0 Å². The molecule has 108 valence electrons. The van der Waals surface area contributed by atoms with Gasteiger partial charge in [0.15, 0.2) is 0 Å². The van der Waals surface area contributed by atoms with Gasteiger partial charge in [0, 0.05) is 11.8 Å². The average Bonchev–Trinajstić information content (AvgIpc) is 2.83. The van der Waals surface area contributed by atoms with E-state index >= 15 is 0 Å². The number of alkyl halides is 3. The SMILES string of the molecule is NCCCc1csc(Cc2cccc(C(F)(F)F)c2)n1. The first kappa shape index (κ1) is 15.0. The molecule has 2 rings (SSSR count). The van der Waals surface area contributed by atoms with E-state index in [9.17, 15) is 13.2 Å². The fraction of sp³-hybridized carbons (Fsp3) is 0.357. The van der Waals surface area contributed by atoms with E-state index in [4.69, 9.17) is 5.73 Å². The summed E-state index contributed by atoms with van der Waals surface area (Å²) in [6.07, 6.45) is -2.19. The van der Waals surface area contributed by atoms with Crippen LogP contribution in [0.15, 0.2) is 29.6 Å². The van der Waals surface area contributed by atoms with Crippen LogP contribution in [0, 0.1) is 0 Å². The summed E-state index contributed by atoms with van der Waals surface area (Å²) < 4.78 is 37.9. The zero-order chi connectivity index (χ0) is 14.6. The molecule has 0 aliphatic rings. The number of aromatic nitrogens is 1. The minimum Gasteiger partial charge on any atom is -0.330 e. The molecule has 0 fully saturated rings. The average molecular weight is 300 g/mol. The van der Waals surface area contributed by atoms with Crippen molar-refractivity contribution in [1.29, 1.82) is 0 Å². The van der Waals surface area contributed by atoms with Gasteiger partial charge in [0.05, 0.1) is 16.3 Å². The predicted octanol–water partition coefficient (Wildman–Crippen LogP) is 3.64. The molecule has 0 unspecified atom stereocenters.